The molecule has 0 unspecified atom stereocenters. The summed E-state index contributed by atoms with van der Waals surface area (Å²) in [4.78, 5) is 0. The Hall–Kier alpha value is -0.720. The molecule has 0 fully saturated rings. The van der Waals surface area contributed by atoms with Gasteiger partial charge >= 0.3 is 0 Å². The molecule has 1 N–H and O–H groups in total. The van der Waals surface area contributed by atoms with Crippen LogP contribution < -0.4 is 0 Å². The van der Waals surface area contributed by atoms with Crippen molar-refractivity contribution in [1.29, 1.82) is 0 Å². The third kappa shape index (κ3) is 19.4. The minimum atomic E-state index is 0.432. The third-order valence-electron chi connectivity index (χ3n) is 7.43. The maximum Gasteiger partial charge on any atom is 0.123 e. The summed E-state index contributed by atoms with van der Waals surface area (Å²) in [6.45, 7) is 4.57. The predicted molar refractivity (Wildman–Crippen MR) is 177 cm³/mol. The summed E-state index contributed by atoms with van der Waals surface area (Å²) in [5, 5.41) is 10.8. The quantitative estimate of drug-likeness (QED) is 0.0853. The van der Waals surface area contributed by atoms with Crippen molar-refractivity contribution in [3.63, 3.8) is 0 Å². The molecule has 1 aromatic rings. The van der Waals surface area contributed by atoms with Crippen molar-refractivity contribution >= 4 is 23.5 Å². The van der Waals surface area contributed by atoms with Crippen LogP contribution in [0.3, 0.4) is 0 Å². The lowest BCUT2D eigenvalue weighted by Crippen LogP contribution is -1.95. The van der Waals surface area contributed by atoms with E-state index in [4.69, 9.17) is 6.42 Å². The summed E-state index contributed by atoms with van der Waals surface area (Å²) in [5.74, 6) is 7.48. The number of terminal acetylenes is 1. The Balaban J connectivity index is 2.21. The second-order valence-electron chi connectivity index (χ2n) is 11.1. The third-order valence-corrected chi connectivity index (χ3v) is 9.64. The van der Waals surface area contributed by atoms with E-state index in [2.05, 4.69) is 31.9 Å². The molecule has 38 heavy (non-hydrogen) atoms. The summed E-state index contributed by atoms with van der Waals surface area (Å²) in [5.41, 5.74) is 3.32. The number of phenols is 1. The highest BCUT2D eigenvalue weighted by molar-refractivity contribution is 7.98. The van der Waals surface area contributed by atoms with Crippen LogP contribution in [0.4, 0.5) is 0 Å². The first-order chi connectivity index (χ1) is 18.7. The van der Waals surface area contributed by atoms with E-state index in [0.29, 0.717) is 12.2 Å². The number of unbranched alkanes of at least 4 members (excludes halogenated alkanes) is 18. The van der Waals surface area contributed by atoms with Crippen LogP contribution >= 0.6 is 23.5 Å². The van der Waals surface area contributed by atoms with Gasteiger partial charge in [0.15, 0.2) is 0 Å². The fraction of sp³-hybridized carbons (Fsp3) is 0.771. The minimum absolute atomic E-state index is 0.432. The lowest BCUT2D eigenvalue weighted by molar-refractivity contribution is 0.465. The summed E-state index contributed by atoms with van der Waals surface area (Å²) in [6, 6.07) is 4.36. The summed E-state index contributed by atoms with van der Waals surface area (Å²) in [7, 11) is 0. The Morgan fingerprint density at radius 3 is 1.42 bits per heavy atom. The zero-order chi connectivity index (χ0) is 27.5. The number of benzene rings is 1. The monoisotopic (exact) mass is 560 g/mol. The fourth-order valence-corrected chi connectivity index (χ4v) is 6.97. The van der Waals surface area contributed by atoms with Gasteiger partial charge in [-0.2, -0.15) is 23.5 Å². The Bertz CT molecular complexity index is 709. The van der Waals surface area contributed by atoms with Gasteiger partial charge < -0.3 is 5.11 Å². The number of rotatable bonds is 27. The molecule has 3 heteroatoms. The van der Waals surface area contributed by atoms with Crippen molar-refractivity contribution in [1.82, 2.24) is 0 Å². The maximum absolute atomic E-state index is 10.8. The van der Waals surface area contributed by atoms with Crippen molar-refractivity contribution < 1.29 is 5.11 Å². The average molecular weight is 561 g/mol. The number of hydrogen-bond acceptors (Lipinski definition) is 3. The van der Waals surface area contributed by atoms with Gasteiger partial charge in [0.1, 0.15) is 5.75 Å². The van der Waals surface area contributed by atoms with Gasteiger partial charge in [0, 0.05) is 29.1 Å². The molecule has 0 aliphatic heterocycles. The van der Waals surface area contributed by atoms with E-state index in [-0.39, 0.29) is 0 Å². The number of hydrogen-bond donors (Lipinski definition) is 1. The van der Waals surface area contributed by atoms with Gasteiger partial charge in [0.05, 0.1) is 0 Å². The summed E-state index contributed by atoms with van der Waals surface area (Å²) in [6.07, 6.45) is 33.8. The van der Waals surface area contributed by atoms with E-state index in [1.54, 1.807) is 0 Å². The van der Waals surface area contributed by atoms with Gasteiger partial charge in [-0.15, -0.1) is 12.3 Å². The molecule has 0 atom stereocenters. The van der Waals surface area contributed by atoms with Crippen molar-refractivity contribution in [3.05, 3.63) is 28.8 Å². The molecular weight excluding hydrogens is 501 g/mol. The second-order valence-corrected chi connectivity index (χ2v) is 13.3. The van der Waals surface area contributed by atoms with Crippen LogP contribution in [0.5, 0.6) is 5.75 Å². The highest BCUT2D eigenvalue weighted by Crippen LogP contribution is 2.30. The van der Waals surface area contributed by atoms with Crippen LogP contribution in [0.25, 0.3) is 0 Å². The zero-order valence-electron chi connectivity index (χ0n) is 25.2. The Labute approximate surface area is 246 Å². The molecule has 0 bridgehead atoms. The van der Waals surface area contributed by atoms with Gasteiger partial charge in [-0.05, 0) is 29.9 Å². The average Bonchev–Trinajstić information content (AvgIpc) is 2.92. The van der Waals surface area contributed by atoms with Crippen molar-refractivity contribution in [3.8, 4) is 18.1 Å². The number of phenolic OH excluding ortho intramolecular Hbond substituents is 1. The van der Waals surface area contributed by atoms with Crippen molar-refractivity contribution in [2.24, 2.45) is 0 Å². The van der Waals surface area contributed by atoms with E-state index in [9.17, 15) is 5.11 Å². The molecular formula is C35H60OS2. The molecule has 0 heterocycles. The van der Waals surface area contributed by atoms with Crippen LogP contribution in [0, 0.1) is 12.3 Å². The van der Waals surface area contributed by atoms with E-state index < -0.39 is 0 Å². The van der Waals surface area contributed by atoms with Crippen molar-refractivity contribution in [2.45, 2.75) is 160 Å². The Morgan fingerprint density at radius 1 is 0.579 bits per heavy atom. The van der Waals surface area contributed by atoms with Crippen LogP contribution in [0.15, 0.2) is 12.1 Å². The molecule has 0 spiro atoms. The van der Waals surface area contributed by atoms with Gasteiger partial charge in [0.2, 0.25) is 0 Å². The van der Waals surface area contributed by atoms with E-state index >= 15 is 0 Å². The maximum atomic E-state index is 10.8. The van der Waals surface area contributed by atoms with Gasteiger partial charge in [-0.25, -0.2) is 0 Å². The molecule has 0 amide bonds. The molecule has 1 nitrogen and oxygen atoms in total. The Morgan fingerprint density at radius 2 is 0.974 bits per heavy atom. The van der Waals surface area contributed by atoms with Crippen LogP contribution in [-0.4, -0.2) is 16.6 Å². The first-order valence-electron chi connectivity index (χ1n) is 16.2. The molecule has 1 rings (SSSR count). The molecule has 218 valence electrons. The van der Waals surface area contributed by atoms with Crippen LogP contribution in [0.1, 0.15) is 159 Å². The molecule has 1 aromatic carbocycles. The second kappa shape index (κ2) is 26.5. The molecule has 0 saturated carbocycles. The molecule has 0 aliphatic carbocycles. The van der Waals surface area contributed by atoms with Gasteiger partial charge in [0.25, 0.3) is 0 Å². The Kier molecular flexibility index (Phi) is 24.6. The topological polar surface area (TPSA) is 20.2 Å². The molecule has 0 aliphatic rings. The standard InChI is InChI=1S/C35H60OS2/c1-4-7-9-11-13-15-17-19-21-23-26-37-30-32-28-33(25-6-3)35(36)34(29-32)31-38-27-24-22-20-18-16-14-12-10-8-5-2/h3,28-29,36H,4-5,7-27,30-31H2,1-2H3. The first-order valence-corrected chi connectivity index (χ1v) is 18.5. The number of aromatic hydroxyl groups is 1. The fourth-order valence-electron chi connectivity index (χ4n) is 5.03. The van der Waals surface area contributed by atoms with Crippen molar-refractivity contribution in [2.75, 3.05) is 11.5 Å². The zero-order valence-corrected chi connectivity index (χ0v) is 26.8. The summed E-state index contributed by atoms with van der Waals surface area (Å²) < 4.78 is 0. The number of thioether (sulfide) groups is 2. The van der Waals surface area contributed by atoms with Crippen LogP contribution in [-0.2, 0) is 17.9 Å². The summed E-state index contributed by atoms with van der Waals surface area (Å²) >= 11 is 3.99. The molecule has 0 radical (unpaired) electrons. The van der Waals surface area contributed by atoms with Gasteiger partial charge in [-0.1, -0.05) is 142 Å². The highest BCUT2D eigenvalue weighted by Gasteiger charge is 2.10. The lowest BCUT2D eigenvalue weighted by atomic mass is 10.0. The van der Waals surface area contributed by atoms with Gasteiger partial charge in [-0.3, -0.25) is 0 Å². The normalized spacial score (nSPS) is 11.2. The van der Waals surface area contributed by atoms with E-state index in [1.165, 1.54) is 145 Å². The first kappa shape index (κ1) is 35.3. The lowest BCUT2D eigenvalue weighted by Gasteiger charge is -2.12. The van der Waals surface area contributed by atoms with E-state index in [1.807, 2.05) is 23.5 Å². The largest absolute Gasteiger partial charge is 0.507 e. The highest BCUT2D eigenvalue weighted by atomic mass is 32.2. The molecule has 0 aromatic heterocycles. The predicted octanol–water partition coefficient (Wildman–Crippen LogP) is 11.9. The minimum Gasteiger partial charge on any atom is -0.507 e. The van der Waals surface area contributed by atoms with Crippen LogP contribution in [0.2, 0.25) is 0 Å². The smallest absolute Gasteiger partial charge is 0.123 e. The SMILES string of the molecule is C#CCc1cc(CSCCCCCCCCCCCC)cc(CSCCCCCCCCCCCC)c1O. The molecule has 0 saturated heterocycles. The van der Waals surface area contributed by atoms with E-state index in [0.717, 1.165) is 22.6 Å².